The first-order valence-corrected chi connectivity index (χ1v) is 5.02. The predicted octanol–water partition coefficient (Wildman–Crippen LogP) is 1.89. The summed E-state index contributed by atoms with van der Waals surface area (Å²) in [6.07, 6.45) is 1.74. The Morgan fingerprint density at radius 1 is 1.25 bits per heavy atom. The lowest BCUT2D eigenvalue weighted by Gasteiger charge is -2.06. The maximum atomic E-state index is 5.20. The highest BCUT2D eigenvalue weighted by Crippen LogP contribution is 2.23. The van der Waals surface area contributed by atoms with Crippen LogP contribution in [0.15, 0.2) is 30.5 Å². The fourth-order valence-corrected chi connectivity index (χ4v) is 1.63. The van der Waals surface area contributed by atoms with Gasteiger partial charge in [-0.15, -0.1) is 0 Å². The Balaban J connectivity index is 2.39. The summed E-state index contributed by atoms with van der Waals surface area (Å²) in [5.74, 6) is 0.656. The smallest absolute Gasteiger partial charge is 0.221 e. The summed E-state index contributed by atoms with van der Waals surface area (Å²) < 4.78 is 5.20. The summed E-state index contributed by atoms with van der Waals surface area (Å²) in [4.78, 5) is 8.97. The molecule has 0 aliphatic rings. The number of benzene rings is 1. The number of nitrogens with one attached hydrogen (secondary N) is 1. The number of nitrogens with zero attached hydrogens (tertiary/aromatic N) is 1. The molecule has 0 saturated carbocycles. The summed E-state index contributed by atoms with van der Waals surface area (Å²) in [6.45, 7) is 0.678. The summed E-state index contributed by atoms with van der Waals surface area (Å²) in [7, 11) is 3.23. The lowest BCUT2D eigenvalue weighted by Crippen LogP contribution is -2.10. The number of aromatic nitrogens is 1. The number of pyridine rings is 1. The van der Waals surface area contributed by atoms with Gasteiger partial charge < -0.3 is 9.57 Å². The Morgan fingerprint density at radius 2 is 2.12 bits per heavy atom. The molecule has 84 valence electrons. The first-order chi connectivity index (χ1) is 7.85. The second-order valence-electron chi connectivity index (χ2n) is 3.40. The Morgan fingerprint density at radius 3 is 2.88 bits per heavy atom. The molecule has 0 fully saturated rings. The molecule has 0 aliphatic heterocycles. The van der Waals surface area contributed by atoms with Crippen LogP contribution in [0.2, 0.25) is 0 Å². The number of hydroxylamine groups is 1. The Labute approximate surface area is 94.2 Å². The highest BCUT2D eigenvalue weighted by Gasteiger charge is 2.02. The van der Waals surface area contributed by atoms with E-state index in [0.29, 0.717) is 12.4 Å². The van der Waals surface area contributed by atoms with Gasteiger partial charge in [0.25, 0.3) is 0 Å². The minimum atomic E-state index is 0.656. The fraction of sp³-hybridized carbons (Fsp3) is 0.250. The number of rotatable bonds is 4. The molecular weight excluding hydrogens is 204 g/mol. The molecule has 0 radical (unpaired) electrons. The number of fused-ring (bicyclic) bond motifs is 1. The third-order valence-electron chi connectivity index (χ3n) is 2.41. The van der Waals surface area contributed by atoms with Crippen LogP contribution in [-0.4, -0.2) is 19.2 Å². The van der Waals surface area contributed by atoms with Gasteiger partial charge in [-0.05, 0) is 29.1 Å². The number of hydrogen-bond donors (Lipinski definition) is 1. The van der Waals surface area contributed by atoms with Crippen molar-refractivity contribution in [3.8, 4) is 5.88 Å². The molecule has 0 spiro atoms. The van der Waals surface area contributed by atoms with E-state index in [1.165, 1.54) is 0 Å². The van der Waals surface area contributed by atoms with Gasteiger partial charge in [0.1, 0.15) is 0 Å². The van der Waals surface area contributed by atoms with Gasteiger partial charge in [-0.25, -0.2) is 4.98 Å². The first-order valence-electron chi connectivity index (χ1n) is 5.02. The van der Waals surface area contributed by atoms with E-state index in [1.807, 2.05) is 18.2 Å². The van der Waals surface area contributed by atoms with E-state index in [4.69, 9.17) is 9.57 Å². The first kappa shape index (κ1) is 10.9. The molecule has 0 atom stereocenters. The van der Waals surface area contributed by atoms with Crippen LogP contribution in [-0.2, 0) is 11.4 Å². The third-order valence-corrected chi connectivity index (χ3v) is 2.41. The average molecular weight is 218 g/mol. The third kappa shape index (κ3) is 2.13. The van der Waals surface area contributed by atoms with E-state index in [1.54, 1.807) is 20.4 Å². The van der Waals surface area contributed by atoms with Crippen LogP contribution in [0.5, 0.6) is 5.88 Å². The molecule has 0 amide bonds. The maximum Gasteiger partial charge on any atom is 0.221 e. The van der Waals surface area contributed by atoms with Crippen LogP contribution in [0.4, 0.5) is 0 Å². The zero-order valence-corrected chi connectivity index (χ0v) is 9.36. The van der Waals surface area contributed by atoms with Gasteiger partial charge in [0.15, 0.2) is 0 Å². The van der Waals surface area contributed by atoms with Crippen molar-refractivity contribution in [2.75, 3.05) is 14.2 Å². The quantitative estimate of drug-likeness (QED) is 0.796. The van der Waals surface area contributed by atoms with Gasteiger partial charge in [0, 0.05) is 18.1 Å². The van der Waals surface area contributed by atoms with Crippen LogP contribution < -0.4 is 10.2 Å². The van der Waals surface area contributed by atoms with Crippen LogP contribution >= 0.6 is 0 Å². The monoisotopic (exact) mass is 218 g/mol. The SMILES string of the molecule is CONCc1ccc2c(OC)nccc2c1. The van der Waals surface area contributed by atoms with Crippen molar-refractivity contribution in [2.24, 2.45) is 0 Å². The highest BCUT2D eigenvalue weighted by molar-refractivity contribution is 5.87. The van der Waals surface area contributed by atoms with Gasteiger partial charge in [0.2, 0.25) is 5.88 Å². The Hall–Kier alpha value is -1.65. The van der Waals surface area contributed by atoms with Crippen molar-refractivity contribution in [1.82, 2.24) is 10.5 Å². The van der Waals surface area contributed by atoms with Crippen molar-refractivity contribution in [3.05, 3.63) is 36.0 Å². The molecule has 0 saturated heterocycles. The van der Waals surface area contributed by atoms with Crippen LogP contribution in [0.1, 0.15) is 5.56 Å². The Kier molecular flexibility index (Phi) is 3.34. The van der Waals surface area contributed by atoms with Crippen molar-refractivity contribution in [3.63, 3.8) is 0 Å². The van der Waals surface area contributed by atoms with Gasteiger partial charge in [-0.2, -0.15) is 5.48 Å². The zero-order valence-electron chi connectivity index (χ0n) is 9.36. The Bertz CT molecular complexity index is 485. The summed E-state index contributed by atoms with van der Waals surface area (Å²) in [5, 5.41) is 2.13. The van der Waals surface area contributed by atoms with E-state index < -0.39 is 0 Å². The molecule has 4 nitrogen and oxygen atoms in total. The van der Waals surface area contributed by atoms with Crippen molar-refractivity contribution in [1.29, 1.82) is 0 Å². The largest absolute Gasteiger partial charge is 0.481 e. The molecule has 0 aliphatic carbocycles. The molecular formula is C12H14N2O2. The van der Waals surface area contributed by atoms with Gasteiger partial charge in [-0.3, -0.25) is 0 Å². The number of ether oxygens (including phenoxy) is 1. The molecule has 1 aromatic heterocycles. The number of hydrogen-bond acceptors (Lipinski definition) is 4. The molecule has 2 aromatic rings. The highest BCUT2D eigenvalue weighted by atomic mass is 16.6. The minimum Gasteiger partial charge on any atom is -0.481 e. The zero-order chi connectivity index (χ0) is 11.4. The summed E-state index contributed by atoms with van der Waals surface area (Å²) in [6, 6.07) is 8.09. The van der Waals surface area contributed by atoms with Gasteiger partial charge >= 0.3 is 0 Å². The van der Waals surface area contributed by atoms with E-state index in [2.05, 4.69) is 16.5 Å². The topological polar surface area (TPSA) is 43.4 Å². The molecule has 1 aromatic carbocycles. The molecule has 1 N–H and O–H groups in total. The average Bonchev–Trinajstić information content (AvgIpc) is 2.35. The van der Waals surface area contributed by atoms with Crippen LogP contribution in [0, 0.1) is 0 Å². The van der Waals surface area contributed by atoms with Crippen molar-refractivity contribution in [2.45, 2.75) is 6.54 Å². The molecule has 0 bridgehead atoms. The van der Waals surface area contributed by atoms with Crippen molar-refractivity contribution >= 4 is 10.8 Å². The molecule has 2 rings (SSSR count). The van der Waals surface area contributed by atoms with Crippen LogP contribution in [0.3, 0.4) is 0 Å². The molecule has 0 unspecified atom stereocenters. The van der Waals surface area contributed by atoms with Crippen LogP contribution in [0.25, 0.3) is 10.8 Å². The second kappa shape index (κ2) is 4.92. The minimum absolute atomic E-state index is 0.656. The lowest BCUT2D eigenvalue weighted by molar-refractivity contribution is 0.0867. The predicted molar refractivity (Wildman–Crippen MR) is 62.1 cm³/mol. The van der Waals surface area contributed by atoms with Gasteiger partial charge in [-0.1, -0.05) is 6.07 Å². The lowest BCUT2D eigenvalue weighted by atomic mass is 10.1. The normalized spacial score (nSPS) is 10.6. The second-order valence-corrected chi connectivity index (χ2v) is 3.40. The van der Waals surface area contributed by atoms with E-state index in [9.17, 15) is 0 Å². The maximum absolute atomic E-state index is 5.20. The van der Waals surface area contributed by atoms with Crippen molar-refractivity contribution < 1.29 is 9.57 Å². The van der Waals surface area contributed by atoms with E-state index in [0.717, 1.165) is 16.3 Å². The number of methoxy groups -OCH3 is 1. The molecule has 4 heteroatoms. The molecule has 16 heavy (non-hydrogen) atoms. The standard InChI is InChI=1S/C12H14N2O2/c1-15-12-11-4-3-9(8-14-16-2)7-10(11)5-6-13-12/h3-7,14H,8H2,1-2H3. The molecule has 1 heterocycles. The van der Waals surface area contributed by atoms with E-state index >= 15 is 0 Å². The summed E-state index contributed by atoms with van der Waals surface area (Å²) in [5.41, 5.74) is 3.97. The summed E-state index contributed by atoms with van der Waals surface area (Å²) >= 11 is 0. The van der Waals surface area contributed by atoms with Gasteiger partial charge in [0.05, 0.1) is 14.2 Å². The van der Waals surface area contributed by atoms with E-state index in [-0.39, 0.29) is 0 Å². The fourth-order valence-electron chi connectivity index (χ4n) is 1.63.